The van der Waals surface area contributed by atoms with Crippen molar-refractivity contribution < 1.29 is 14.3 Å². The third kappa shape index (κ3) is 2.54. The molecule has 0 bridgehead atoms. The average molecular weight is 253 g/mol. The van der Waals surface area contributed by atoms with Gasteiger partial charge in [0.15, 0.2) is 5.79 Å². The van der Waals surface area contributed by atoms with Gasteiger partial charge in [-0.1, -0.05) is 12.8 Å². The Morgan fingerprint density at radius 3 is 2.22 bits per heavy atom. The van der Waals surface area contributed by atoms with Crippen molar-refractivity contribution in [2.45, 2.75) is 63.2 Å². The zero-order valence-corrected chi connectivity index (χ0v) is 11.0. The van der Waals surface area contributed by atoms with Gasteiger partial charge in [0.05, 0.1) is 13.2 Å². The van der Waals surface area contributed by atoms with Crippen LogP contribution < -0.4 is 5.32 Å². The number of carbonyl (C=O) groups excluding carboxylic acids is 1. The molecule has 1 amide bonds. The number of carbonyl (C=O) groups is 1. The smallest absolute Gasteiger partial charge is 0.223 e. The molecule has 0 atom stereocenters. The SMILES string of the molecule is O=C(NC1CCC2(CC1)OCCO2)C1CCCC1. The molecule has 4 heteroatoms. The van der Waals surface area contributed by atoms with E-state index in [-0.39, 0.29) is 17.6 Å². The van der Waals surface area contributed by atoms with E-state index in [0.717, 1.165) is 51.7 Å². The first kappa shape index (κ1) is 12.4. The lowest BCUT2D eigenvalue weighted by Crippen LogP contribution is -2.45. The molecule has 3 rings (SSSR count). The third-order valence-corrected chi connectivity index (χ3v) is 4.63. The van der Waals surface area contributed by atoms with E-state index in [1.165, 1.54) is 12.8 Å². The molecule has 1 aliphatic heterocycles. The van der Waals surface area contributed by atoms with Crippen molar-refractivity contribution in [1.82, 2.24) is 5.32 Å². The lowest BCUT2D eigenvalue weighted by Gasteiger charge is -2.35. The molecule has 102 valence electrons. The van der Waals surface area contributed by atoms with Gasteiger partial charge in [0, 0.05) is 24.8 Å². The predicted molar refractivity (Wildman–Crippen MR) is 67.0 cm³/mol. The van der Waals surface area contributed by atoms with Gasteiger partial charge in [-0.05, 0) is 25.7 Å². The van der Waals surface area contributed by atoms with Crippen molar-refractivity contribution in [2.75, 3.05) is 13.2 Å². The molecule has 0 aromatic heterocycles. The summed E-state index contributed by atoms with van der Waals surface area (Å²) < 4.78 is 11.4. The van der Waals surface area contributed by atoms with Gasteiger partial charge in [-0.2, -0.15) is 0 Å². The minimum absolute atomic E-state index is 0.278. The summed E-state index contributed by atoms with van der Waals surface area (Å²) in [6.07, 6.45) is 8.40. The fourth-order valence-corrected chi connectivity index (χ4v) is 3.49. The van der Waals surface area contributed by atoms with Crippen LogP contribution in [0.2, 0.25) is 0 Å². The maximum Gasteiger partial charge on any atom is 0.223 e. The number of hydrogen-bond donors (Lipinski definition) is 1. The second kappa shape index (κ2) is 5.17. The molecule has 1 saturated heterocycles. The van der Waals surface area contributed by atoms with E-state index in [9.17, 15) is 4.79 Å². The topological polar surface area (TPSA) is 47.6 Å². The summed E-state index contributed by atoms with van der Waals surface area (Å²) in [5.41, 5.74) is 0. The second-order valence-corrected chi connectivity index (χ2v) is 5.87. The number of rotatable bonds is 2. The minimum atomic E-state index is -0.311. The highest BCUT2D eigenvalue weighted by molar-refractivity contribution is 5.79. The summed E-state index contributed by atoms with van der Waals surface area (Å²) in [6.45, 7) is 1.44. The molecule has 1 spiro atoms. The summed E-state index contributed by atoms with van der Waals surface area (Å²) in [5, 5.41) is 3.22. The molecular formula is C14H23NO3. The van der Waals surface area contributed by atoms with Gasteiger partial charge in [0.1, 0.15) is 0 Å². The lowest BCUT2D eigenvalue weighted by molar-refractivity contribution is -0.180. The van der Waals surface area contributed by atoms with Crippen LogP contribution in [-0.2, 0) is 14.3 Å². The summed E-state index contributed by atoms with van der Waals surface area (Å²) in [6, 6.07) is 0.330. The summed E-state index contributed by atoms with van der Waals surface area (Å²) in [4.78, 5) is 12.1. The van der Waals surface area contributed by atoms with Crippen LogP contribution in [0.15, 0.2) is 0 Å². The van der Waals surface area contributed by atoms with Crippen LogP contribution in [0, 0.1) is 5.92 Å². The van der Waals surface area contributed by atoms with E-state index in [1.807, 2.05) is 0 Å². The lowest BCUT2D eigenvalue weighted by atomic mass is 9.89. The highest BCUT2D eigenvalue weighted by atomic mass is 16.7. The molecule has 1 N–H and O–H groups in total. The van der Waals surface area contributed by atoms with Crippen molar-refractivity contribution in [1.29, 1.82) is 0 Å². The van der Waals surface area contributed by atoms with Gasteiger partial charge in [0.25, 0.3) is 0 Å². The largest absolute Gasteiger partial charge is 0.353 e. The zero-order chi connectivity index (χ0) is 12.4. The number of amides is 1. The number of nitrogens with one attached hydrogen (secondary N) is 1. The maximum absolute atomic E-state index is 12.1. The van der Waals surface area contributed by atoms with Gasteiger partial charge in [0.2, 0.25) is 5.91 Å². The standard InChI is InChI=1S/C14H23NO3/c16-13(11-3-1-2-4-11)15-12-5-7-14(8-6-12)17-9-10-18-14/h11-12H,1-10H2,(H,15,16). The molecule has 18 heavy (non-hydrogen) atoms. The Balaban J connectivity index is 1.46. The van der Waals surface area contributed by atoms with Gasteiger partial charge in [-0.3, -0.25) is 4.79 Å². The Morgan fingerprint density at radius 1 is 1.00 bits per heavy atom. The van der Waals surface area contributed by atoms with Crippen molar-refractivity contribution in [3.63, 3.8) is 0 Å². The van der Waals surface area contributed by atoms with Gasteiger partial charge < -0.3 is 14.8 Å². The monoisotopic (exact) mass is 253 g/mol. The Morgan fingerprint density at radius 2 is 1.61 bits per heavy atom. The molecular weight excluding hydrogens is 230 g/mol. The van der Waals surface area contributed by atoms with Crippen molar-refractivity contribution >= 4 is 5.91 Å². The van der Waals surface area contributed by atoms with E-state index in [1.54, 1.807) is 0 Å². The van der Waals surface area contributed by atoms with Gasteiger partial charge in [-0.25, -0.2) is 0 Å². The molecule has 0 radical (unpaired) electrons. The first-order chi connectivity index (χ1) is 8.77. The third-order valence-electron chi connectivity index (χ3n) is 4.63. The minimum Gasteiger partial charge on any atom is -0.353 e. The van der Waals surface area contributed by atoms with Crippen LogP contribution in [-0.4, -0.2) is 30.9 Å². The Bertz CT molecular complexity index is 296. The van der Waals surface area contributed by atoms with E-state index in [0.29, 0.717) is 6.04 Å². The average Bonchev–Trinajstić information content (AvgIpc) is 3.04. The Kier molecular flexibility index (Phi) is 3.57. The maximum atomic E-state index is 12.1. The molecule has 0 aromatic rings. The van der Waals surface area contributed by atoms with Crippen LogP contribution in [0.1, 0.15) is 51.4 Å². The Labute approximate surface area is 108 Å². The summed E-state index contributed by atoms with van der Waals surface area (Å²) in [7, 11) is 0. The molecule has 2 aliphatic carbocycles. The molecule has 2 saturated carbocycles. The fourth-order valence-electron chi connectivity index (χ4n) is 3.49. The normalized spacial score (nSPS) is 28.9. The quantitative estimate of drug-likeness (QED) is 0.818. The molecule has 4 nitrogen and oxygen atoms in total. The summed E-state index contributed by atoms with van der Waals surface area (Å²) in [5.74, 6) is 0.246. The Hall–Kier alpha value is -0.610. The predicted octanol–water partition coefficient (Wildman–Crippen LogP) is 1.98. The molecule has 0 aromatic carbocycles. The molecule has 0 unspecified atom stereocenters. The van der Waals surface area contributed by atoms with Crippen LogP contribution in [0.5, 0.6) is 0 Å². The summed E-state index contributed by atoms with van der Waals surface area (Å²) >= 11 is 0. The van der Waals surface area contributed by atoms with Crippen LogP contribution in [0.4, 0.5) is 0 Å². The van der Waals surface area contributed by atoms with E-state index < -0.39 is 0 Å². The molecule has 1 heterocycles. The van der Waals surface area contributed by atoms with Gasteiger partial charge in [-0.15, -0.1) is 0 Å². The zero-order valence-electron chi connectivity index (χ0n) is 11.0. The fraction of sp³-hybridized carbons (Fsp3) is 0.929. The van der Waals surface area contributed by atoms with E-state index in [4.69, 9.17) is 9.47 Å². The first-order valence-corrected chi connectivity index (χ1v) is 7.36. The highest BCUT2D eigenvalue weighted by Gasteiger charge is 2.40. The second-order valence-electron chi connectivity index (χ2n) is 5.87. The molecule has 3 aliphatic rings. The number of ether oxygens (including phenoxy) is 2. The molecule has 3 fully saturated rings. The first-order valence-electron chi connectivity index (χ1n) is 7.36. The highest BCUT2D eigenvalue weighted by Crippen LogP contribution is 2.36. The van der Waals surface area contributed by atoms with Crippen molar-refractivity contribution in [2.24, 2.45) is 5.92 Å². The number of hydrogen-bond acceptors (Lipinski definition) is 3. The van der Waals surface area contributed by atoms with Crippen molar-refractivity contribution in [3.05, 3.63) is 0 Å². The van der Waals surface area contributed by atoms with E-state index in [2.05, 4.69) is 5.32 Å². The van der Waals surface area contributed by atoms with Gasteiger partial charge >= 0.3 is 0 Å². The van der Waals surface area contributed by atoms with Crippen LogP contribution in [0.25, 0.3) is 0 Å². The van der Waals surface area contributed by atoms with E-state index >= 15 is 0 Å². The van der Waals surface area contributed by atoms with Crippen molar-refractivity contribution in [3.8, 4) is 0 Å². The van der Waals surface area contributed by atoms with Crippen LogP contribution >= 0.6 is 0 Å². The van der Waals surface area contributed by atoms with Crippen LogP contribution in [0.3, 0.4) is 0 Å².